The van der Waals surface area contributed by atoms with Gasteiger partial charge in [0.05, 0.1) is 10.0 Å². The molecule has 8 heteroatoms. The van der Waals surface area contributed by atoms with Gasteiger partial charge < -0.3 is 0 Å². The summed E-state index contributed by atoms with van der Waals surface area (Å²) >= 11 is 14.9. The summed E-state index contributed by atoms with van der Waals surface area (Å²) in [7, 11) is 0. The van der Waals surface area contributed by atoms with Gasteiger partial charge in [-0.3, -0.25) is 10.1 Å². The van der Waals surface area contributed by atoms with Crippen LogP contribution < -0.4 is 5.32 Å². The van der Waals surface area contributed by atoms with E-state index in [1.807, 2.05) is 18.2 Å². The van der Waals surface area contributed by atoms with E-state index in [0.717, 1.165) is 16.5 Å². The monoisotopic (exact) mass is 409 g/mol. The van der Waals surface area contributed by atoms with Gasteiger partial charge in [-0.1, -0.05) is 64.9 Å². The van der Waals surface area contributed by atoms with Gasteiger partial charge in [-0.05, 0) is 23.8 Å². The fourth-order valence-corrected chi connectivity index (χ4v) is 4.08. The Balaban J connectivity index is 1.54. The normalized spacial score (nSPS) is 10.6. The van der Waals surface area contributed by atoms with Crippen molar-refractivity contribution in [3.63, 3.8) is 0 Å². The number of rotatable bonds is 6. The van der Waals surface area contributed by atoms with Crippen molar-refractivity contribution < 1.29 is 4.79 Å². The molecule has 0 aliphatic carbocycles. The molecular weight excluding hydrogens is 397 g/mol. The van der Waals surface area contributed by atoms with E-state index in [0.29, 0.717) is 20.7 Å². The van der Waals surface area contributed by atoms with Gasteiger partial charge in [0.2, 0.25) is 5.13 Å². The largest absolute Gasteiger partial charge is 0.296 e. The fourth-order valence-electron chi connectivity index (χ4n) is 2.00. The summed E-state index contributed by atoms with van der Waals surface area (Å²) in [6.07, 6.45) is 0. The van der Waals surface area contributed by atoms with Gasteiger partial charge >= 0.3 is 0 Å². The molecule has 4 nitrogen and oxygen atoms in total. The van der Waals surface area contributed by atoms with Crippen LogP contribution in [0.3, 0.4) is 0 Å². The summed E-state index contributed by atoms with van der Waals surface area (Å²) < 4.78 is 0. The first-order chi connectivity index (χ1) is 12.1. The highest BCUT2D eigenvalue weighted by Gasteiger charge is 2.12. The maximum absolute atomic E-state index is 12.2. The second kappa shape index (κ2) is 8.67. The first kappa shape index (κ1) is 18.2. The number of anilines is 1. The van der Waals surface area contributed by atoms with Crippen LogP contribution in [0.2, 0.25) is 10.0 Å². The first-order valence-corrected chi connectivity index (χ1v) is 10.0. The second-order valence-electron chi connectivity index (χ2n) is 5.06. The average molecular weight is 410 g/mol. The van der Waals surface area contributed by atoms with Gasteiger partial charge in [0.25, 0.3) is 5.91 Å². The zero-order valence-corrected chi connectivity index (χ0v) is 16.1. The van der Waals surface area contributed by atoms with Crippen molar-refractivity contribution in [2.75, 3.05) is 5.32 Å². The molecule has 0 aliphatic heterocycles. The lowest BCUT2D eigenvalue weighted by Crippen LogP contribution is -2.11. The number of amides is 1. The van der Waals surface area contributed by atoms with E-state index in [1.165, 1.54) is 23.0 Å². The van der Waals surface area contributed by atoms with Crippen molar-refractivity contribution in [3.05, 3.63) is 74.7 Å². The van der Waals surface area contributed by atoms with Gasteiger partial charge in [0, 0.05) is 17.1 Å². The standard InChI is InChI=1S/C17H13Cl2N3OS2/c18-13-7-6-12(8-14(13)19)16(23)20-17-22-21-15(25-17)10-24-9-11-4-2-1-3-5-11/h1-8H,9-10H2,(H,20,22,23). The third kappa shape index (κ3) is 5.19. The summed E-state index contributed by atoms with van der Waals surface area (Å²) in [5.41, 5.74) is 1.69. The van der Waals surface area contributed by atoms with Crippen molar-refractivity contribution >= 4 is 57.3 Å². The number of benzene rings is 2. The summed E-state index contributed by atoms with van der Waals surface area (Å²) in [4.78, 5) is 12.2. The third-order valence-corrected chi connectivity index (χ3v) is 5.98. The summed E-state index contributed by atoms with van der Waals surface area (Å²) in [5, 5.41) is 12.9. The molecule has 25 heavy (non-hydrogen) atoms. The topological polar surface area (TPSA) is 54.9 Å². The van der Waals surface area contributed by atoms with Crippen LogP contribution in [0.15, 0.2) is 48.5 Å². The summed E-state index contributed by atoms with van der Waals surface area (Å²) in [6, 6.07) is 15.0. The molecule has 0 fully saturated rings. The number of nitrogens with zero attached hydrogens (tertiary/aromatic N) is 2. The summed E-state index contributed by atoms with van der Waals surface area (Å²) in [5.74, 6) is 1.36. The van der Waals surface area contributed by atoms with Crippen molar-refractivity contribution in [1.82, 2.24) is 10.2 Å². The molecule has 1 N–H and O–H groups in total. The molecule has 0 unspecified atom stereocenters. The highest BCUT2D eigenvalue weighted by molar-refractivity contribution is 7.97. The first-order valence-electron chi connectivity index (χ1n) is 7.32. The number of carbonyl (C=O) groups excluding carboxylic acids is 1. The van der Waals surface area contributed by atoms with Crippen LogP contribution >= 0.6 is 46.3 Å². The van der Waals surface area contributed by atoms with E-state index in [2.05, 4.69) is 27.6 Å². The Morgan fingerprint density at radius 2 is 1.84 bits per heavy atom. The molecule has 0 atom stereocenters. The van der Waals surface area contributed by atoms with Gasteiger partial charge in [-0.15, -0.1) is 22.0 Å². The molecule has 0 saturated carbocycles. The number of nitrogens with one attached hydrogen (secondary N) is 1. The smallest absolute Gasteiger partial charge is 0.257 e. The zero-order valence-electron chi connectivity index (χ0n) is 12.9. The van der Waals surface area contributed by atoms with Crippen LogP contribution in [-0.2, 0) is 11.5 Å². The minimum atomic E-state index is -0.293. The molecule has 128 valence electrons. The zero-order chi connectivity index (χ0) is 17.6. The number of hydrogen-bond donors (Lipinski definition) is 1. The van der Waals surface area contributed by atoms with Crippen LogP contribution in [-0.4, -0.2) is 16.1 Å². The molecular formula is C17H13Cl2N3OS2. The van der Waals surface area contributed by atoms with Gasteiger partial charge in [-0.2, -0.15) is 0 Å². The highest BCUT2D eigenvalue weighted by Crippen LogP contribution is 2.25. The van der Waals surface area contributed by atoms with E-state index in [1.54, 1.807) is 23.9 Å². The van der Waals surface area contributed by atoms with E-state index in [-0.39, 0.29) is 5.91 Å². The van der Waals surface area contributed by atoms with E-state index >= 15 is 0 Å². The van der Waals surface area contributed by atoms with Crippen molar-refractivity contribution in [1.29, 1.82) is 0 Å². The molecule has 0 bridgehead atoms. The Morgan fingerprint density at radius 1 is 1.04 bits per heavy atom. The molecule has 1 amide bonds. The SMILES string of the molecule is O=C(Nc1nnc(CSCc2ccccc2)s1)c1ccc(Cl)c(Cl)c1. The molecule has 1 heterocycles. The van der Waals surface area contributed by atoms with Crippen LogP contribution in [0.25, 0.3) is 0 Å². The molecule has 0 saturated heterocycles. The molecule has 0 aliphatic rings. The number of carbonyl (C=O) groups is 1. The minimum Gasteiger partial charge on any atom is -0.296 e. The molecule has 1 aromatic heterocycles. The van der Waals surface area contributed by atoms with Crippen LogP contribution in [0.1, 0.15) is 20.9 Å². The minimum absolute atomic E-state index is 0.293. The lowest BCUT2D eigenvalue weighted by Gasteiger charge is -2.02. The van der Waals surface area contributed by atoms with Crippen LogP contribution in [0, 0.1) is 0 Å². The van der Waals surface area contributed by atoms with Crippen molar-refractivity contribution in [3.8, 4) is 0 Å². The lowest BCUT2D eigenvalue weighted by atomic mass is 10.2. The van der Waals surface area contributed by atoms with E-state index < -0.39 is 0 Å². The van der Waals surface area contributed by atoms with Gasteiger partial charge in [0.1, 0.15) is 5.01 Å². The van der Waals surface area contributed by atoms with Crippen molar-refractivity contribution in [2.45, 2.75) is 11.5 Å². The molecule has 0 radical (unpaired) electrons. The van der Waals surface area contributed by atoms with E-state index in [4.69, 9.17) is 23.2 Å². The molecule has 2 aromatic carbocycles. The Hall–Kier alpha value is -1.60. The Labute approximate surface area is 163 Å². The maximum Gasteiger partial charge on any atom is 0.257 e. The highest BCUT2D eigenvalue weighted by atomic mass is 35.5. The van der Waals surface area contributed by atoms with Gasteiger partial charge in [0.15, 0.2) is 0 Å². The third-order valence-electron chi connectivity index (χ3n) is 3.21. The van der Waals surface area contributed by atoms with Crippen LogP contribution in [0.5, 0.6) is 0 Å². The quantitative estimate of drug-likeness (QED) is 0.581. The molecule has 3 aromatic rings. The Morgan fingerprint density at radius 3 is 2.60 bits per heavy atom. The second-order valence-corrected chi connectivity index (χ2v) is 7.92. The molecule has 3 rings (SSSR count). The van der Waals surface area contributed by atoms with Crippen LogP contribution in [0.4, 0.5) is 5.13 Å². The Kier molecular flexibility index (Phi) is 6.31. The maximum atomic E-state index is 12.2. The number of halogens is 2. The van der Waals surface area contributed by atoms with E-state index in [9.17, 15) is 4.79 Å². The summed E-state index contributed by atoms with van der Waals surface area (Å²) in [6.45, 7) is 0. The number of thioether (sulfide) groups is 1. The number of aromatic nitrogens is 2. The molecule has 0 spiro atoms. The van der Waals surface area contributed by atoms with Crippen molar-refractivity contribution in [2.24, 2.45) is 0 Å². The lowest BCUT2D eigenvalue weighted by molar-refractivity contribution is 0.102. The average Bonchev–Trinajstić information content (AvgIpc) is 3.05. The van der Waals surface area contributed by atoms with Gasteiger partial charge in [-0.25, -0.2) is 0 Å². The predicted octanol–water partition coefficient (Wildman–Crippen LogP) is 5.53. The Bertz CT molecular complexity index is 871. The predicted molar refractivity (Wildman–Crippen MR) is 106 cm³/mol. The number of hydrogen-bond acceptors (Lipinski definition) is 5. The fraction of sp³-hybridized carbons (Fsp3) is 0.118.